The molecule has 0 atom stereocenters. The molecule has 0 saturated heterocycles. The Bertz CT molecular complexity index is 500. The molecule has 0 fully saturated rings. The summed E-state index contributed by atoms with van der Waals surface area (Å²) in [5.41, 5.74) is 3.37. The average Bonchev–Trinajstić information content (AvgIpc) is 2.37. The fourth-order valence-corrected chi connectivity index (χ4v) is 2.01. The van der Waals surface area contributed by atoms with Crippen molar-refractivity contribution in [2.75, 3.05) is 5.32 Å². The Morgan fingerprint density at radius 2 is 2.24 bits per heavy atom. The molecule has 0 spiro atoms. The summed E-state index contributed by atoms with van der Waals surface area (Å²) in [5, 5.41) is 3.32. The summed E-state index contributed by atoms with van der Waals surface area (Å²) in [6.07, 6.45) is 6.40. The maximum absolute atomic E-state index is 4.39. The maximum atomic E-state index is 4.39. The summed E-state index contributed by atoms with van der Waals surface area (Å²) in [4.78, 5) is 8.50. The third-order valence-corrected chi connectivity index (χ3v) is 2.96. The van der Waals surface area contributed by atoms with E-state index in [2.05, 4.69) is 44.2 Å². The van der Waals surface area contributed by atoms with Crippen LogP contribution in [0.15, 0.2) is 41.3 Å². The number of nitrogens with zero attached hydrogens (tertiary/aromatic N) is 2. The van der Waals surface area contributed by atoms with Gasteiger partial charge in [0.1, 0.15) is 0 Å². The number of hydrogen-bond acceptors (Lipinski definition) is 3. The van der Waals surface area contributed by atoms with Crippen molar-refractivity contribution in [3.05, 3.63) is 52.5 Å². The first-order chi connectivity index (χ1) is 8.29. The first kappa shape index (κ1) is 12.0. The molecule has 0 unspecified atom stereocenters. The standard InChI is InChI=1S/C13H14BrN3/c1-2-10-4-3-5-16-13(10)9-17-12-6-11(14)7-15-8-12/h3-8,17H,2,9H2,1H3. The first-order valence-corrected chi connectivity index (χ1v) is 6.36. The monoisotopic (exact) mass is 291 g/mol. The predicted octanol–water partition coefficient (Wildman–Crippen LogP) is 3.41. The second-order valence-electron chi connectivity index (χ2n) is 3.71. The van der Waals surface area contributed by atoms with E-state index in [1.807, 2.05) is 18.3 Å². The summed E-state index contributed by atoms with van der Waals surface area (Å²) in [6, 6.07) is 6.09. The number of anilines is 1. The molecule has 2 aromatic heterocycles. The van der Waals surface area contributed by atoms with Crippen molar-refractivity contribution in [2.24, 2.45) is 0 Å². The van der Waals surface area contributed by atoms with Gasteiger partial charge in [-0.15, -0.1) is 0 Å². The third kappa shape index (κ3) is 3.27. The number of hydrogen-bond donors (Lipinski definition) is 1. The summed E-state index contributed by atoms with van der Waals surface area (Å²) in [5.74, 6) is 0. The van der Waals surface area contributed by atoms with Crippen LogP contribution in [0.5, 0.6) is 0 Å². The van der Waals surface area contributed by atoms with Crippen molar-refractivity contribution in [3.63, 3.8) is 0 Å². The number of aromatic nitrogens is 2. The van der Waals surface area contributed by atoms with Crippen molar-refractivity contribution in [3.8, 4) is 0 Å². The lowest BCUT2D eigenvalue weighted by Gasteiger charge is -2.09. The van der Waals surface area contributed by atoms with Gasteiger partial charge in [-0.25, -0.2) is 0 Å². The van der Waals surface area contributed by atoms with Gasteiger partial charge >= 0.3 is 0 Å². The molecule has 0 aliphatic carbocycles. The number of nitrogens with one attached hydrogen (secondary N) is 1. The molecule has 1 N–H and O–H groups in total. The van der Waals surface area contributed by atoms with Crippen LogP contribution in [0, 0.1) is 0 Å². The Morgan fingerprint density at radius 1 is 1.35 bits per heavy atom. The van der Waals surface area contributed by atoms with Crippen LogP contribution in [0.3, 0.4) is 0 Å². The van der Waals surface area contributed by atoms with Gasteiger partial charge in [0, 0.05) is 16.9 Å². The number of rotatable bonds is 4. The van der Waals surface area contributed by atoms with E-state index in [-0.39, 0.29) is 0 Å². The molecule has 0 aliphatic heterocycles. The summed E-state index contributed by atoms with van der Waals surface area (Å²) < 4.78 is 0.972. The fraction of sp³-hybridized carbons (Fsp3) is 0.231. The Labute approximate surface area is 109 Å². The molecule has 2 rings (SSSR count). The predicted molar refractivity (Wildman–Crippen MR) is 72.9 cm³/mol. The minimum atomic E-state index is 0.724. The molecule has 2 heterocycles. The normalized spacial score (nSPS) is 10.2. The summed E-state index contributed by atoms with van der Waals surface area (Å²) in [6.45, 7) is 2.86. The SMILES string of the molecule is CCc1cccnc1CNc1cncc(Br)c1. The van der Waals surface area contributed by atoms with Gasteiger partial charge in [0.2, 0.25) is 0 Å². The van der Waals surface area contributed by atoms with Crippen LogP contribution >= 0.6 is 15.9 Å². The van der Waals surface area contributed by atoms with Gasteiger partial charge in [0.25, 0.3) is 0 Å². The zero-order valence-corrected chi connectivity index (χ0v) is 11.2. The molecule has 0 radical (unpaired) electrons. The largest absolute Gasteiger partial charge is 0.378 e. The zero-order chi connectivity index (χ0) is 12.1. The molecule has 17 heavy (non-hydrogen) atoms. The van der Waals surface area contributed by atoms with Gasteiger partial charge in [0.15, 0.2) is 0 Å². The minimum Gasteiger partial charge on any atom is -0.378 e. The zero-order valence-electron chi connectivity index (χ0n) is 9.65. The molecule has 88 valence electrons. The highest BCUT2D eigenvalue weighted by Crippen LogP contribution is 2.15. The van der Waals surface area contributed by atoms with Gasteiger partial charge in [0.05, 0.1) is 24.1 Å². The highest BCUT2D eigenvalue weighted by Gasteiger charge is 2.01. The second-order valence-corrected chi connectivity index (χ2v) is 4.62. The smallest absolute Gasteiger partial charge is 0.0626 e. The topological polar surface area (TPSA) is 37.8 Å². The van der Waals surface area contributed by atoms with E-state index < -0.39 is 0 Å². The number of pyridine rings is 2. The van der Waals surface area contributed by atoms with Gasteiger partial charge in [-0.2, -0.15) is 0 Å². The number of halogens is 1. The Hall–Kier alpha value is -1.42. The molecule has 0 aromatic carbocycles. The molecule has 2 aromatic rings. The molecule has 0 bridgehead atoms. The van der Waals surface area contributed by atoms with E-state index in [1.165, 1.54) is 5.56 Å². The van der Waals surface area contributed by atoms with Crippen molar-refractivity contribution < 1.29 is 0 Å². The van der Waals surface area contributed by atoms with Gasteiger partial charge < -0.3 is 5.32 Å². The minimum absolute atomic E-state index is 0.724. The molecule has 0 saturated carbocycles. The Balaban J connectivity index is 2.07. The summed E-state index contributed by atoms with van der Waals surface area (Å²) in [7, 11) is 0. The highest BCUT2D eigenvalue weighted by atomic mass is 79.9. The quantitative estimate of drug-likeness (QED) is 0.938. The number of aryl methyl sites for hydroxylation is 1. The van der Waals surface area contributed by atoms with E-state index in [1.54, 1.807) is 12.4 Å². The Kier molecular flexibility index (Phi) is 4.09. The van der Waals surface area contributed by atoms with Gasteiger partial charge in [-0.1, -0.05) is 13.0 Å². The van der Waals surface area contributed by atoms with Crippen LogP contribution in [-0.2, 0) is 13.0 Å². The maximum Gasteiger partial charge on any atom is 0.0626 e. The van der Waals surface area contributed by atoms with Crippen molar-refractivity contribution in [1.29, 1.82) is 0 Å². The molecule has 4 heteroatoms. The highest BCUT2D eigenvalue weighted by molar-refractivity contribution is 9.10. The fourth-order valence-electron chi connectivity index (χ4n) is 1.65. The van der Waals surface area contributed by atoms with E-state index in [9.17, 15) is 0 Å². The second kappa shape index (κ2) is 5.77. The van der Waals surface area contributed by atoms with Crippen LogP contribution in [0.25, 0.3) is 0 Å². The van der Waals surface area contributed by atoms with E-state index in [4.69, 9.17) is 0 Å². The third-order valence-electron chi connectivity index (χ3n) is 2.53. The van der Waals surface area contributed by atoms with Gasteiger partial charge in [-0.05, 0) is 40.0 Å². The van der Waals surface area contributed by atoms with Crippen LogP contribution in [0.1, 0.15) is 18.2 Å². The Morgan fingerprint density at radius 3 is 3.00 bits per heavy atom. The molecular formula is C13H14BrN3. The van der Waals surface area contributed by atoms with Gasteiger partial charge in [-0.3, -0.25) is 9.97 Å². The van der Waals surface area contributed by atoms with Crippen LogP contribution in [0.2, 0.25) is 0 Å². The van der Waals surface area contributed by atoms with Crippen LogP contribution in [0.4, 0.5) is 5.69 Å². The molecular weight excluding hydrogens is 278 g/mol. The van der Waals surface area contributed by atoms with E-state index >= 15 is 0 Å². The van der Waals surface area contributed by atoms with Crippen LogP contribution in [-0.4, -0.2) is 9.97 Å². The van der Waals surface area contributed by atoms with Crippen molar-refractivity contribution >= 4 is 21.6 Å². The van der Waals surface area contributed by atoms with E-state index in [0.717, 1.165) is 28.8 Å². The lowest BCUT2D eigenvalue weighted by molar-refractivity contribution is 0.970. The van der Waals surface area contributed by atoms with Crippen molar-refractivity contribution in [2.45, 2.75) is 19.9 Å². The first-order valence-electron chi connectivity index (χ1n) is 5.56. The van der Waals surface area contributed by atoms with Crippen molar-refractivity contribution in [1.82, 2.24) is 9.97 Å². The lowest BCUT2D eigenvalue weighted by Crippen LogP contribution is -2.05. The summed E-state index contributed by atoms with van der Waals surface area (Å²) >= 11 is 3.40. The average molecular weight is 292 g/mol. The van der Waals surface area contributed by atoms with E-state index in [0.29, 0.717) is 0 Å². The molecule has 3 nitrogen and oxygen atoms in total. The van der Waals surface area contributed by atoms with Crippen LogP contribution < -0.4 is 5.32 Å². The molecule has 0 aliphatic rings. The lowest BCUT2D eigenvalue weighted by atomic mass is 10.1. The molecule has 0 amide bonds.